The second-order valence-corrected chi connectivity index (χ2v) is 9.57. The lowest BCUT2D eigenvalue weighted by molar-refractivity contribution is 0.654. The molecule has 0 radical (unpaired) electrons. The molecule has 0 saturated heterocycles. The average Bonchev–Trinajstić information content (AvgIpc) is 3.39. The van der Waals surface area contributed by atoms with E-state index in [1.165, 1.54) is 10.8 Å². The Morgan fingerprint density at radius 1 is 0.487 bits per heavy atom. The molecule has 0 atom stereocenters. The minimum absolute atomic E-state index is 0.591. The van der Waals surface area contributed by atoms with Gasteiger partial charge in [0.1, 0.15) is 5.58 Å². The van der Waals surface area contributed by atoms with Crippen LogP contribution in [0.2, 0.25) is 0 Å². The van der Waals surface area contributed by atoms with Gasteiger partial charge in [0.05, 0.1) is 0 Å². The largest absolute Gasteiger partial charge is 0.438 e. The molecule has 8 aromatic rings. The van der Waals surface area contributed by atoms with Crippen LogP contribution in [0.25, 0.3) is 77.8 Å². The molecule has 0 N–H and O–H groups in total. The zero-order valence-corrected chi connectivity index (χ0v) is 20.7. The van der Waals surface area contributed by atoms with E-state index in [0.717, 1.165) is 43.8 Å². The van der Waals surface area contributed by atoms with Crippen molar-refractivity contribution in [1.29, 1.82) is 0 Å². The van der Waals surface area contributed by atoms with Crippen molar-refractivity contribution < 1.29 is 4.42 Å². The van der Waals surface area contributed by atoms with E-state index < -0.39 is 0 Å². The number of fused-ring (bicyclic) bond motifs is 5. The smallest absolute Gasteiger partial charge is 0.227 e. The molecule has 0 amide bonds. The van der Waals surface area contributed by atoms with Gasteiger partial charge >= 0.3 is 0 Å². The number of pyridine rings is 1. The van der Waals surface area contributed by atoms with Crippen LogP contribution < -0.4 is 0 Å². The zero-order chi connectivity index (χ0) is 25.8. The first-order valence-electron chi connectivity index (χ1n) is 12.8. The van der Waals surface area contributed by atoms with Crippen LogP contribution in [0, 0.1) is 0 Å². The van der Waals surface area contributed by atoms with Gasteiger partial charge in [0.15, 0.2) is 17.5 Å². The van der Waals surface area contributed by atoms with E-state index in [4.69, 9.17) is 19.4 Å². The Bertz CT molecular complexity index is 2100. The van der Waals surface area contributed by atoms with Crippen LogP contribution in [0.3, 0.4) is 0 Å². The van der Waals surface area contributed by atoms with Crippen LogP contribution in [0.5, 0.6) is 0 Å². The van der Waals surface area contributed by atoms with E-state index in [1.54, 1.807) is 6.20 Å². The molecule has 0 spiro atoms. The third kappa shape index (κ3) is 3.63. The summed E-state index contributed by atoms with van der Waals surface area (Å²) in [4.78, 5) is 19.4. The highest BCUT2D eigenvalue weighted by Gasteiger charge is 2.18. The number of benzene rings is 5. The number of rotatable bonds is 3. The summed E-state index contributed by atoms with van der Waals surface area (Å²) in [5.74, 6) is 1.84. The monoisotopic (exact) mass is 500 g/mol. The van der Waals surface area contributed by atoms with Crippen molar-refractivity contribution in [3.05, 3.63) is 121 Å². The van der Waals surface area contributed by atoms with Gasteiger partial charge in [-0.05, 0) is 51.9 Å². The van der Waals surface area contributed by atoms with E-state index in [1.807, 2.05) is 54.6 Å². The van der Waals surface area contributed by atoms with Crippen LogP contribution in [0.4, 0.5) is 0 Å². The van der Waals surface area contributed by atoms with Crippen LogP contribution >= 0.6 is 0 Å². The first kappa shape index (κ1) is 21.6. The first-order chi connectivity index (χ1) is 19.3. The highest BCUT2D eigenvalue weighted by Crippen LogP contribution is 2.36. The highest BCUT2D eigenvalue weighted by molar-refractivity contribution is 6.10. The average molecular weight is 501 g/mol. The minimum atomic E-state index is 0.591. The number of aromatic nitrogens is 4. The molecule has 0 unspecified atom stereocenters. The summed E-state index contributed by atoms with van der Waals surface area (Å²) in [6.45, 7) is 0. The van der Waals surface area contributed by atoms with Crippen molar-refractivity contribution in [3.63, 3.8) is 0 Å². The fourth-order valence-corrected chi connectivity index (χ4v) is 5.26. The summed E-state index contributed by atoms with van der Waals surface area (Å²) >= 11 is 0. The molecule has 3 aromatic heterocycles. The number of hydrogen-bond donors (Lipinski definition) is 0. The van der Waals surface area contributed by atoms with Gasteiger partial charge in [-0.2, -0.15) is 0 Å². The van der Waals surface area contributed by atoms with Gasteiger partial charge in [-0.25, -0.2) is 19.9 Å². The van der Waals surface area contributed by atoms with Gasteiger partial charge in [-0.3, -0.25) is 0 Å². The van der Waals surface area contributed by atoms with Crippen molar-refractivity contribution in [2.75, 3.05) is 0 Å². The SMILES string of the molecule is c1ccc2cc(-c3nc(-c4ccc5ccccc5c4)nc(-c4cccc5oc6ncccc6c45)n3)ccc2c1. The zero-order valence-electron chi connectivity index (χ0n) is 20.7. The minimum Gasteiger partial charge on any atom is -0.438 e. The Hall–Kier alpha value is -5.42. The maximum Gasteiger partial charge on any atom is 0.227 e. The molecular formula is C34H20N4O. The van der Waals surface area contributed by atoms with Crippen molar-refractivity contribution in [3.8, 4) is 34.2 Å². The third-order valence-corrected chi connectivity index (χ3v) is 7.16. The maximum absolute atomic E-state index is 6.06. The van der Waals surface area contributed by atoms with Crippen LogP contribution in [-0.2, 0) is 0 Å². The Labute approximate surface area is 223 Å². The fraction of sp³-hybridized carbons (Fsp3) is 0. The Morgan fingerprint density at radius 2 is 1.10 bits per heavy atom. The maximum atomic E-state index is 6.06. The van der Waals surface area contributed by atoms with Gasteiger partial charge in [0.25, 0.3) is 0 Å². The lowest BCUT2D eigenvalue weighted by Gasteiger charge is -2.10. The highest BCUT2D eigenvalue weighted by atomic mass is 16.3. The van der Waals surface area contributed by atoms with Crippen LogP contribution in [0.15, 0.2) is 126 Å². The van der Waals surface area contributed by atoms with E-state index in [2.05, 4.69) is 65.6 Å². The molecule has 39 heavy (non-hydrogen) atoms. The molecule has 5 nitrogen and oxygen atoms in total. The lowest BCUT2D eigenvalue weighted by Crippen LogP contribution is -2.00. The molecule has 182 valence electrons. The second kappa shape index (κ2) is 8.57. The standard InChI is InChI=1S/C34H20N4O/c1-3-9-23-19-25(16-14-21(23)7-1)31-36-32(26-17-15-22-8-2-4-10-24(22)20-26)38-33(37-31)27-11-5-13-29-30(27)28-12-6-18-35-34(28)39-29/h1-20H. The van der Waals surface area contributed by atoms with E-state index >= 15 is 0 Å². The summed E-state index contributed by atoms with van der Waals surface area (Å²) in [5.41, 5.74) is 4.10. The predicted octanol–water partition coefficient (Wildman–Crippen LogP) is 8.47. The molecule has 0 aliphatic rings. The molecule has 0 aliphatic heterocycles. The Morgan fingerprint density at radius 3 is 1.77 bits per heavy atom. The summed E-state index contributed by atoms with van der Waals surface area (Å²) in [7, 11) is 0. The second-order valence-electron chi connectivity index (χ2n) is 9.57. The normalized spacial score (nSPS) is 11.6. The first-order valence-corrected chi connectivity index (χ1v) is 12.8. The van der Waals surface area contributed by atoms with Crippen LogP contribution in [0.1, 0.15) is 0 Å². The molecule has 8 rings (SSSR count). The molecule has 0 fully saturated rings. The summed E-state index contributed by atoms with van der Waals surface area (Å²) in [6.07, 6.45) is 1.74. The molecular weight excluding hydrogens is 480 g/mol. The Kier molecular flexibility index (Phi) is 4.76. The topological polar surface area (TPSA) is 64.7 Å². The quantitative estimate of drug-likeness (QED) is 0.243. The third-order valence-electron chi connectivity index (χ3n) is 7.16. The number of hydrogen-bond acceptors (Lipinski definition) is 5. The van der Waals surface area contributed by atoms with Crippen molar-refractivity contribution in [2.45, 2.75) is 0 Å². The van der Waals surface area contributed by atoms with Gasteiger partial charge in [-0.1, -0.05) is 84.9 Å². The van der Waals surface area contributed by atoms with Crippen molar-refractivity contribution in [1.82, 2.24) is 19.9 Å². The van der Waals surface area contributed by atoms with Gasteiger partial charge in [0, 0.05) is 33.7 Å². The van der Waals surface area contributed by atoms with E-state index in [0.29, 0.717) is 23.2 Å². The predicted molar refractivity (Wildman–Crippen MR) is 156 cm³/mol. The molecule has 0 bridgehead atoms. The summed E-state index contributed by atoms with van der Waals surface area (Å²) < 4.78 is 6.06. The lowest BCUT2D eigenvalue weighted by atomic mass is 10.0. The fourth-order valence-electron chi connectivity index (χ4n) is 5.26. The molecule has 0 aliphatic carbocycles. The van der Waals surface area contributed by atoms with E-state index in [-0.39, 0.29) is 0 Å². The molecule has 5 aromatic carbocycles. The molecule has 0 saturated carbocycles. The van der Waals surface area contributed by atoms with Crippen LogP contribution in [-0.4, -0.2) is 19.9 Å². The summed E-state index contributed by atoms with van der Waals surface area (Å²) in [5, 5.41) is 6.50. The van der Waals surface area contributed by atoms with Gasteiger partial charge < -0.3 is 4.42 Å². The number of furan rings is 1. The van der Waals surface area contributed by atoms with Gasteiger partial charge in [0.2, 0.25) is 5.71 Å². The Balaban J connectivity index is 1.40. The van der Waals surface area contributed by atoms with Crippen molar-refractivity contribution >= 4 is 43.6 Å². The van der Waals surface area contributed by atoms with Crippen molar-refractivity contribution in [2.24, 2.45) is 0 Å². The molecule has 3 heterocycles. The number of nitrogens with zero attached hydrogens (tertiary/aromatic N) is 4. The summed E-state index contributed by atoms with van der Waals surface area (Å²) in [6, 6.07) is 39.2. The van der Waals surface area contributed by atoms with Gasteiger partial charge in [-0.15, -0.1) is 0 Å². The molecule has 5 heteroatoms. The van der Waals surface area contributed by atoms with E-state index in [9.17, 15) is 0 Å².